The zero-order chi connectivity index (χ0) is 14.0. The number of halogens is 3. The van der Waals surface area contributed by atoms with Gasteiger partial charge in [-0.2, -0.15) is 13.2 Å². The number of carbonyl (C=O) groups excluding carboxylic acids is 1. The number of carbonyl (C=O) groups is 2. The molecule has 1 aliphatic heterocycles. The smallest absolute Gasteiger partial charge is 0.406 e. The second-order valence-corrected chi connectivity index (χ2v) is 4.29. The van der Waals surface area contributed by atoms with Crippen LogP contribution in [0, 0.1) is 5.41 Å². The molecule has 18 heavy (non-hydrogen) atoms. The molecule has 0 aromatic carbocycles. The fraction of sp³-hybridized carbons (Fsp3) is 0.800. The van der Waals surface area contributed by atoms with E-state index in [1.807, 2.05) is 6.92 Å². The number of rotatable bonds is 3. The number of aliphatic carboxylic acids is 1. The Balaban J connectivity index is 2.79. The van der Waals surface area contributed by atoms with E-state index in [2.05, 4.69) is 5.32 Å². The average molecular weight is 268 g/mol. The standard InChI is InChI=1S/C10H15F3N2O3/c1-2-4-14-8(18)15-5-3-9(6-15,7(16)17)10(11,12)13/h2-6H2,1H3,(H,14,18)(H,16,17). The zero-order valence-corrected chi connectivity index (χ0v) is 9.88. The van der Waals surface area contributed by atoms with E-state index < -0.39 is 36.6 Å². The van der Waals surface area contributed by atoms with Crippen LogP contribution in [0.4, 0.5) is 18.0 Å². The normalized spacial score (nSPS) is 24.1. The van der Waals surface area contributed by atoms with Gasteiger partial charge < -0.3 is 15.3 Å². The number of likely N-dealkylation sites (tertiary alicyclic amines) is 1. The second-order valence-electron chi connectivity index (χ2n) is 4.29. The lowest BCUT2D eigenvalue weighted by molar-refractivity contribution is -0.226. The van der Waals surface area contributed by atoms with Crippen LogP contribution in [0.25, 0.3) is 0 Å². The number of alkyl halides is 3. The minimum absolute atomic E-state index is 0.207. The van der Waals surface area contributed by atoms with Crippen LogP contribution in [0.3, 0.4) is 0 Å². The maximum atomic E-state index is 12.8. The monoisotopic (exact) mass is 268 g/mol. The Kier molecular flexibility index (Phi) is 4.08. The van der Waals surface area contributed by atoms with Gasteiger partial charge in [-0.25, -0.2) is 4.79 Å². The number of hydrogen-bond donors (Lipinski definition) is 2. The Hall–Kier alpha value is -1.47. The number of urea groups is 1. The van der Waals surface area contributed by atoms with Gasteiger partial charge in [0.1, 0.15) is 0 Å². The van der Waals surface area contributed by atoms with Crippen LogP contribution < -0.4 is 5.32 Å². The van der Waals surface area contributed by atoms with E-state index in [4.69, 9.17) is 5.11 Å². The van der Waals surface area contributed by atoms with Crippen molar-refractivity contribution >= 4 is 12.0 Å². The molecular weight excluding hydrogens is 253 g/mol. The number of amides is 2. The molecule has 1 fully saturated rings. The summed E-state index contributed by atoms with van der Waals surface area (Å²) in [5.74, 6) is -1.93. The molecule has 0 spiro atoms. The van der Waals surface area contributed by atoms with Crippen LogP contribution in [-0.2, 0) is 4.79 Å². The number of hydrogen-bond acceptors (Lipinski definition) is 2. The van der Waals surface area contributed by atoms with Crippen molar-refractivity contribution in [3.05, 3.63) is 0 Å². The maximum Gasteiger partial charge on any atom is 0.406 e. The first kappa shape index (κ1) is 14.6. The quantitative estimate of drug-likeness (QED) is 0.813. The highest BCUT2D eigenvalue weighted by atomic mass is 19.4. The molecule has 2 amide bonds. The van der Waals surface area contributed by atoms with E-state index in [9.17, 15) is 22.8 Å². The summed E-state index contributed by atoms with van der Waals surface area (Å²) in [6, 6.07) is -0.649. The predicted octanol–water partition coefficient (Wildman–Crippen LogP) is 1.45. The number of nitrogens with zero attached hydrogens (tertiary/aromatic N) is 1. The second kappa shape index (κ2) is 5.03. The number of nitrogens with one attached hydrogen (secondary N) is 1. The van der Waals surface area contributed by atoms with Crippen LogP contribution in [0.15, 0.2) is 0 Å². The molecule has 5 nitrogen and oxygen atoms in total. The zero-order valence-electron chi connectivity index (χ0n) is 9.88. The van der Waals surface area contributed by atoms with Crippen molar-refractivity contribution < 1.29 is 27.9 Å². The molecule has 1 unspecified atom stereocenters. The van der Waals surface area contributed by atoms with Gasteiger partial charge in [-0.3, -0.25) is 4.79 Å². The summed E-state index contributed by atoms with van der Waals surface area (Å²) in [4.78, 5) is 23.3. The summed E-state index contributed by atoms with van der Waals surface area (Å²) in [5, 5.41) is 11.2. The molecule has 0 aromatic heterocycles. The molecule has 1 heterocycles. The van der Waals surface area contributed by atoms with Crippen molar-refractivity contribution in [2.24, 2.45) is 5.41 Å². The van der Waals surface area contributed by atoms with Gasteiger partial charge in [-0.15, -0.1) is 0 Å². The van der Waals surface area contributed by atoms with E-state index in [-0.39, 0.29) is 6.54 Å². The van der Waals surface area contributed by atoms with E-state index in [1.54, 1.807) is 0 Å². The highest BCUT2D eigenvalue weighted by Crippen LogP contribution is 2.45. The molecule has 1 atom stereocenters. The highest BCUT2D eigenvalue weighted by molar-refractivity contribution is 5.80. The fourth-order valence-corrected chi connectivity index (χ4v) is 1.85. The molecule has 0 radical (unpaired) electrons. The van der Waals surface area contributed by atoms with Crippen LogP contribution in [-0.4, -0.2) is 47.8 Å². The molecular formula is C10H15F3N2O3. The molecule has 0 aromatic rings. The van der Waals surface area contributed by atoms with Gasteiger partial charge in [0, 0.05) is 19.6 Å². The molecule has 8 heteroatoms. The van der Waals surface area contributed by atoms with E-state index in [1.165, 1.54) is 0 Å². The summed E-state index contributed by atoms with van der Waals surface area (Å²) in [6.45, 7) is 1.12. The topological polar surface area (TPSA) is 69.6 Å². The van der Waals surface area contributed by atoms with Gasteiger partial charge in [-0.05, 0) is 12.8 Å². The fourth-order valence-electron chi connectivity index (χ4n) is 1.85. The van der Waals surface area contributed by atoms with E-state index in [0.717, 1.165) is 4.90 Å². The summed E-state index contributed by atoms with van der Waals surface area (Å²) >= 11 is 0. The first-order valence-corrected chi connectivity index (χ1v) is 5.57. The lowest BCUT2D eigenvalue weighted by atomic mass is 9.86. The van der Waals surface area contributed by atoms with Crippen molar-refractivity contribution in [2.75, 3.05) is 19.6 Å². The third-order valence-electron chi connectivity index (χ3n) is 3.03. The molecule has 0 aliphatic carbocycles. The third kappa shape index (κ3) is 2.51. The van der Waals surface area contributed by atoms with Gasteiger partial charge in [0.05, 0.1) is 0 Å². The molecule has 1 saturated heterocycles. The SMILES string of the molecule is CCCNC(=O)N1CCC(C(=O)O)(C(F)(F)F)C1. The predicted molar refractivity (Wildman–Crippen MR) is 56.0 cm³/mol. The van der Waals surface area contributed by atoms with Gasteiger partial charge in [-0.1, -0.05) is 6.92 Å². The van der Waals surface area contributed by atoms with Crippen LogP contribution in [0.2, 0.25) is 0 Å². The lowest BCUT2D eigenvalue weighted by Crippen LogP contribution is -2.49. The van der Waals surface area contributed by atoms with Crippen LogP contribution >= 0.6 is 0 Å². The summed E-state index contributed by atoms with van der Waals surface area (Å²) < 4.78 is 38.4. The van der Waals surface area contributed by atoms with Crippen LogP contribution in [0.1, 0.15) is 19.8 Å². The largest absolute Gasteiger partial charge is 0.481 e. The summed E-state index contributed by atoms with van der Waals surface area (Å²) in [7, 11) is 0. The summed E-state index contributed by atoms with van der Waals surface area (Å²) in [6.07, 6.45) is -4.81. The van der Waals surface area contributed by atoms with Crippen molar-refractivity contribution in [3.63, 3.8) is 0 Å². The molecule has 1 rings (SSSR count). The van der Waals surface area contributed by atoms with Crippen molar-refractivity contribution in [3.8, 4) is 0 Å². The molecule has 0 bridgehead atoms. The Morgan fingerprint density at radius 2 is 2.06 bits per heavy atom. The Morgan fingerprint density at radius 3 is 2.44 bits per heavy atom. The van der Waals surface area contributed by atoms with E-state index >= 15 is 0 Å². The Labute approximate surface area is 102 Å². The molecule has 104 valence electrons. The van der Waals surface area contributed by atoms with Gasteiger partial charge >= 0.3 is 18.2 Å². The minimum atomic E-state index is -4.86. The maximum absolute atomic E-state index is 12.8. The highest BCUT2D eigenvalue weighted by Gasteiger charge is 2.64. The van der Waals surface area contributed by atoms with Gasteiger partial charge in [0.25, 0.3) is 0 Å². The van der Waals surface area contributed by atoms with Crippen molar-refractivity contribution in [1.82, 2.24) is 10.2 Å². The van der Waals surface area contributed by atoms with Crippen LogP contribution in [0.5, 0.6) is 0 Å². The Morgan fingerprint density at radius 1 is 1.44 bits per heavy atom. The first-order chi connectivity index (χ1) is 8.24. The van der Waals surface area contributed by atoms with Crippen molar-refractivity contribution in [1.29, 1.82) is 0 Å². The van der Waals surface area contributed by atoms with Gasteiger partial charge in [0.15, 0.2) is 5.41 Å². The lowest BCUT2D eigenvalue weighted by Gasteiger charge is -2.27. The number of carboxylic acids is 1. The first-order valence-electron chi connectivity index (χ1n) is 5.57. The molecule has 2 N–H and O–H groups in total. The Bertz CT molecular complexity index is 346. The van der Waals surface area contributed by atoms with Gasteiger partial charge in [0.2, 0.25) is 0 Å². The third-order valence-corrected chi connectivity index (χ3v) is 3.03. The molecule has 0 saturated carbocycles. The number of carboxylic acid groups (broad SMARTS) is 1. The van der Waals surface area contributed by atoms with E-state index in [0.29, 0.717) is 13.0 Å². The summed E-state index contributed by atoms with van der Waals surface area (Å²) in [5.41, 5.74) is -2.84. The van der Waals surface area contributed by atoms with Crippen molar-refractivity contribution in [2.45, 2.75) is 25.9 Å². The molecule has 1 aliphatic rings. The average Bonchev–Trinajstić information content (AvgIpc) is 2.71. The minimum Gasteiger partial charge on any atom is -0.481 e.